The van der Waals surface area contributed by atoms with E-state index in [2.05, 4.69) is 49.9 Å². The molecule has 34 heavy (non-hydrogen) atoms. The zero-order chi connectivity index (χ0) is 25.1. The van der Waals surface area contributed by atoms with Gasteiger partial charge in [-0.05, 0) is 70.8 Å². The Kier molecular flexibility index (Phi) is 5.71. The second-order valence-corrected chi connectivity index (χ2v) is 10.7. The number of benzene rings is 2. The van der Waals surface area contributed by atoms with E-state index in [9.17, 15) is 22.8 Å². The molecule has 0 atom stereocenters. The van der Waals surface area contributed by atoms with Crippen LogP contribution in [0.3, 0.4) is 0 Å². The van der Waals surface area contributed by atoms with Crippen molar-refractivity contribution in [1.82, 2.24) is 5.32 Å². The number of amides is 2. The lowest BCUT2D eigenvalue weighted by Gasteiger charge is -2.37. The van der Waals surface area contributed by atoms with E-state index in [0.717, 1.165) is 28.5 Å². The molecule has 178 valence electrons. The van der Waals surface area contributed by atoms with Crippen LogP contribution in [0.1, 0.15) is 49.9 Å². The maximum Gasteiger partial charge on any atom is 0.573 e. The highest BCUT2D eigenvalue weighted by Crippen LogP contribution is 2.45. The number of rotatable bonds is 3. The van der Waals surface area contributed by atoms with E-state index >= 15 is 0 Å². The average molecular weight is 488 g/mol. The molecule has 0 spiro atoms. The SMILES string of the molecule is Cc1cc2c(cc1-c1cc(C=C3SC(=O)NC3=O)ccc1OC(F)(F)F)C(C)(C)C=CC2(C)C. The third-order valence-electron chi connectivity index (χ3n) is 6.13. The third kappa shape index (κ3) is 4.64. The van der Waals surface area contributed by atoms with E-state index in [0.29, 0.717) is 11.1 Å². The van der Waals surface area contributed by atoms with Gasteiger partial charge in [0.05, 0.1) is 4.91 Å². The minimum atomic E-state index is -4.87. The average Bonchev–Trinajstić information content (AvgIpc) is 3.02. The zero-order valence-corrected chi connectivity index (χ0v) is 20.2. The van der Waals surface area contributed by atoms with Gasteiger partial charge in [0.2, 0.25) is 0 Å². The van der Waals surface area contributed by atoms with Crippen LogP contribution in [-0.4, -0.2) is 17.5 Å². The van der Waals surface area contributed by atoms with Crippen LogP contribution in [0.2, 0.25) is 0 Å². The molecule has 0 radical (unpaired) electrons. The molecule has 0 aromatic heterocycles. The summed E-state index contributed by atoms with van der Waals surface area (Å²) < 4.78 is 44.0. The van der Waals surface area contributed by atoms with Crippen molar-refractivity contribution >= 4 is 29.0 Å². The van der Waals surface area contributed by atoms with Crippen LogP contribution in [0.15, 0.2) is 47.4 Å². The maximum absolute atomic E-state index is 13.2. The molecular weight excluding hydrogens is 463 g/mol. The Hall–Kier alpha value is -3.00. The van der Waals surface area contributed by atoms with Gasteiger partial charge in [-0.1, -0.05) is 52.0 Å². The molecule has 2 aliphatic rings. The second kappa shape index (κ2) is 8.05. The van der Waals surface area contributed by atoms with Crippen molar-refractivity contribution < 1.29 is 27.5 Å². The first-order valence-corrected chi connectivity index (χ1v) is 11.5. The van der Waals surface area contributed by atoms with Crippen molar-refractivity contribution in [3.05, 3.63) is 69.6 Å². The van der Waals surface area contributed by atoms with Crippen LogP contribution in [0.5, 0.6) is 5.75 Å². The lowest BCUT2D eigenvalue weighted by molar-refractivity contribution is -0.274. The fraction of sp³-hybridized carbons (Fsp3) is 0.308. The van der Waals surface area contributed by atoms with Gasteiger partial charge in [0.1, 0.15) is 5.75 Å². The molecular formula is C26H24F3NO3S. The molecule has 1 fully saturated rings. The Morgan fingerprint density at radius 2 is 1.56 bits per heavy atom. The number of ether oxygens (including phenoxy) is 1. The smallest absolute Gasteiger partial charge is 0.405 e. The van der Waals surface area contributed by atoms with Crippen LogP contribution in [-0.2, 0) is 15.6 Å². The monoisotopic (exact) mass is 487 g/mol. The number of aryl methyl sites for hydroxylation is 1. The number of halogens is 3. The normalized spacial score (nSPS) is 19.8. The van der Waals surface area contributed by atoms with E-state index in [1.54, 1.807) is 6.07 Å². The molecule has 8 heteroatoms. The van der Waals surface area contributed by atoms with Gasteiger partial charge in [-0.2, -0.15) is 0 Å². The lowest BCUT2D eigenvalue weighted by atomic mass is 9.67. The number of thioether (sulfide) groups is 1. The molecule has 4 rings (SSSR count). The summed E-state index contributed by atoms with van der Waals surface area (Å²) >= 11 is 0.748. The summed E-state index contributed by atoms with van der Waals surface area (Å²) in [6, 6.07) is 8.18. The summed E-state index contributed by atoms with van der Waals surface area (Å²) in [6.45, 7) is 10.2. The van der Waals surface area contributed by atoms with E-state index < -0.39 is 17.5 Å². The molecule has 1 aliphatic carbocycles. The summed E-state index contributed by atoms with van der Waals surface area (Å²) in [4.78, 5) is 23.6. The zero-order valence-electron chi connectivity index (χ0n) is 19.4. The van der Waals surface area contributed by atoms with Gasteiger partial charge in [-0.3, -0.25) is 14.9 Å². The number of hydrogen-bond acceptors (Lipinski definition) is 4. The van der Waals surface area contributed by atoms with Crippen LogP contribution >= 0.6 is 11.8 Å². The Bertz CT molecular complexity index is 1270. The highest BCUT2D eigenvalue weighted by Gasteiger charge is 2.35. The first kappa shape index (κ1) is 24.1. The number of fused-ring (bicyclic) bond motifs is 1. The molecule has 0 unspecified atom stereocenters. The van der Waals surface area contributed by atoms with Crippen molar-refractivity contribution in [1.29, 1.82) is 0 Å². The molecule has 1 saturated heterocycles. The van der Waals surface area contributed by atoms with E-state index in [4.69, 9.17) is 0 Å². The summed E-state index contributed by atoms with van der Waals surface area (Å²) in [7, 11) is 0. The molecule has 0 saturated carbocycles. The Labute approximate surface area is 200 Å². The Morgan fingerprint density at radius 1 is 0.941 bits per heavy atom. The van der Waals surface area contributed by atoms with Gasteiger partial charge >= 0.3 is 6.36 Å². The Balaban J connectivity index is 1.91. The van der Waals surface area contributed by atoms with E-state index in [-0.39, 0.29) is 27.0 Å². The van der Waals surface area contributed by atoms with E-state index in [1.165, 1.54) is 18.2 Å². The number of hydrogen-bond donors (Lipinski definition) is 1. The quantitative estimate of drug-likeness (QED) is 0.374. The standard InChI is InChI=1S/C26H24F3NO3S/c1-14-10-18-19(25(4,5)9-8-24(18,2)3)13-16(14)17-11-15(6-7-20(17)33-26(27,28)29)12-21-22(31)30-23(32)34-21/h6-13H,1-5H3,(H,30,31,32). The van der Waals surface area contributed by atoms with Gasteiger partial charge in [0.15, 0.2) is 0 Å². The number of allylic oxidation sites excluding steroid dienone is 2. The van der Waals surface area contributed by atoms with Gasteiger partial charge in [-0.25, -0.2) is 0 Å². The highest BCUT2D eigenvalue weighted by atomic mass is 32.2. The summed E-state index contributed by atoms with van der Waals surface area (Å²) in [6.07, 6.45) is 0.893. The highest BCUT2D eigenvalue weighted by molar-refractivity contribution is 8.18. The second-order valence-electron chi connectivity index (χ2n) is 9.65. The molecule has 1 N–H and O–H groups in total. The van der Waals surface area contributed by atoms with Crippen molar-refractivity contribution in [3.8, 4) is 16.9 Å². The van der Waals surface area contributed by atoms with Crippen molar-refractivity contribution in [3.63, 3.8) is 0 Å². The number of imide groups is 1. The number of alkyl halides is 3. The van der Waals surface area contributed by atoms with E-state index in [1.807, 2.05) is 19.1 Å². The largest absolute Gasteiger partial charge is 0.573 e. The molecule has 1 heterocycles. The topological polar surface area (TPSA) is 55.4 Å². The lowest BCUT2D eigenvalue weighted by Crippen LogP contribution is -2.29. The fourth-order valence-electron chi connectivity index (χ4n) is 4.29. The molecule has 2 aromatic carbocycles. The summed E-state index contributed by atoms with van der Waals surface area (Å²) in [5, 5.41) is 1.68. The van der Waals surface area contributed by atoms with Crippen LogP contribution in [0.4, 0.5) is 18.0 Å². The predicted octanol–water partition coefficient (Wildman–Crippen LogP) is 7.01. The molecule has 2 aromatic rings. The van der Waals surface area contributed by atoms with Gasteiger partial charge in [0, 0.05) is 16.4 Å². The van der Waals surface area contributed by atoms with Crippen molar-refractivity contribution in [2.45, 2.75) is 51.8 Å². The summed E-state index contributed by atoms with van der Waals surface area (Å²) in [5.74, 6) is -0.867. The fourth-order valence-corrected chi connectivity index (χ4v) is 4.98. The van der Waals surface area contributed by atoms with Gasteiger partial charge in [0.25, 0.3) is 11.1 Å². The number of nitrogens with one attached hydrogen (secondary N) is 1. The maximum atomic E-state index is 13.2. The summed E-state index contributed by atoms with van der Waals surface area (Å²) in [5.41, 5.74) is 3.77. The molecule has 0 bridgehead atoms. The minimum absolute atomic E-state index is 0.177. The Morgan fingerprint density at radius 3 is 2.12 bits per heavy atom. The molecule has 4 nitrogen and oxygen atoms in total. The minimum Gasteiger partial charge on any atom is -0.405 e. The molecule has 2 amide bonds. The van der Waals surface area contributed by atoms with Crippen molar-refractivity contribution in [2.24, 2.45) is 0 Å². The predicted molar refractivity (Wildman–Crippen MR) is 128 cm³/mol. The number of carbonyl (C=O) groups excluding carboxylic acids is 2. The van der Waals surface area contributed by atoms with Crippen molar-refractivity contribution in [2.75, 3.05) is 0 Å². The first-order chi connectivity index (χ1) is 15.7. The molecule has 1 aliphatic heterocycles. The third-order valence-corrected chi connectivity index (χ3v) is 6.94. The van der Waals surface area contributed by atoms with Crippen LogP contribution in [0.25, 0.3) is 17.2 Å². The van der Waals surface area contributed by atoms with Gasteiger partial charge in [-0.15, -0.1) is 13.2 Å². The first-order valence-electron chi connectivity index (χ1n) is 10.7. The van der Waals surface area contributed by atoms with Crippen LogP contribution < -0.4 is 10.1 Å². The van der Waals surface area contributed by atoms with Gasteiger partial charge < -0.3 is 4.74 Å². The van der Waals surface area contributed by atoms with Crippen LogP contribution in [0, 0.1) is 6.92 Å². The number of carbonyl (C=O) groups is 2.